The van der Waals surface area contributed by atoms with Crippen molar-refractivity contribution < 1.29 is 4.39 Å². The Balaban J connectivity index is 2.78. The second-order valence-electron chi connectivity index (χ2n) is 4.71. The minimum Gasteiger partial charge on any atom is -0.371 e. The molecule has 3 heteroatoms. The Kier molecular flexibility index (Phi) is 5.83. The highest BCUT2D eigenvalue weighted by Gasteiger charge is 2.16. The van der Waals surface area contributed by atoms with Gasteiger partial charge in [0.05, 0.1) is 0 Å². The van der Waals surface area contributed by atoms with Gasteiger partial charge in [-0.1, -0.05) is 19.9 Å². The summed E-state index contributed by atoms with van der Waals surface area (Å²) >= 11 is 4.40. The average Bonchev–Trinajstić information content (AvgIpc) is 2.30. The number of halogens is 1. The molecule has 96 valence electrons. The molecule has 1 aromatic carbocycles. The van der Waals surface area contributed by atoms with Crippen LogP contribution >= 0.6 is 12.6 Å². The van der Waals surface area contributed by atoms with Crippen LogP contribution in [0.4, 0.5) is 10.1 Å². The van der Waals surface area contributed by atoms with Gasteiger partial charge in [-0.05, 0) is 42.7 Å². The summed E-state index contributed by atoms with van der Waals surface area (Å²) in [6.45, 7) is 8.34. The van der Waals surface area contributed by atoms with Crippen molar-refractivity contribution in [3.63, 3.8) is 0 Å². The van der Waals surface area contributed by atoms with E-state index in [4.69, 9.17) is 0 Å². The molecule has 1 unspecified atom stereocenters. The lowest BCUT2D eigenvalue weighted by Gasteiger charge is -2.29. The molecular formula is C14H22FNS. The molecule has 0 saturated heterocycles. The molecule has 0 bridgehead atoms. The van der Waals surface area contributed by atoms with Gasteiger partial charge in [-0.2, -0.15) is 12.6 Å². The lowest BCUT2D eigenvalue weighted by atomic mass is 9.97. The Labute approximate surface area is 109 Å². The third-order valence-electron chi connectivity index (χ3n) is 3.19. The van der Waals surface area contributed by atoms with Gasteiger partial charge in [0.15, 0.2) is 0 Å². The molecule has 0 heterocycles. The van der Waals surface area contributed by atoms with E-state index in [1.54, 1.807) is 12.1 Å². The molecular weight excluding hydrogens is 233 g/mol. The first-order chi connectivity index (χ1) is 8.08. The molecule has 0 aliphatic carbocycles. The first-order valence-electron chi connectivity index (χ1n) is 6.19. The van der Waals surface area contributed by atoms with Gasteiger partial charge < -0.3 is 4.90 Å². The van der Waals surface area contributed by atoms with Crippen LogP contribution in [0.25, 0.3) is 0 Å². The second-order valence-corrected chi connectivity index (χ2v) is 5.07. The number of hydrogen-bond donors (Lipinski definition) is 1. The molecule has 1 atom stereocenters. The number of nitrogens with zero attached hydrogens (tertiary/aromatic N) is 1. The van der Waals surface area contributed by atoms with Crippen LogP contribution in [0, 0.1) is 17.7 Å². The fourth-order valence-corrected chi connectivity index (χ4v) is 2.39. The Bertz CT molecular complexity index is 341. The van der Waals surface area contributed by atoms with Crippen LogP contribution in [-0.4, -0.2) is 18.8 Å². The zero-order valence-corrected chi connectivity index (χ0v) is 11.8. The third kappa shape index (κ3) is 4.23. The van der Waals surface area contributed by atoms with Gasteiger partial charge in [0.1, 0.15) is 5.82 Å². The summed E-state index contributed by atoms with van der Waals surface area (Å²) in [5, 5.41) is 0. The van der Waals surface area contributed by atoms with Crippen molar-refractivity contribution >= 4 is 18.3 Å². The molecule has 0 saturated carbocycles. The largest absolute Gasteiger partial charge is 0.371 e. The lowest BCUT2D eigenvalue weighted by Crippen LogP contribution is -2.32. The number of hydrogen-bond acceptors (Lipinski definition) is 2. The first-order valence-corrected chi connectivity index (χ1v) is 6.83. The smallest absolute Gasteiger partial charge is 0.125 e. The predicted octanol–water partition coefficient (Wildman–Crippen LogP) is 3.85. The molecule has 1 aromatic rings. The summed E-state index contributed by atoms with van der Waals surface area (Å²) in [4.78, 5) is 2.21. The van der Waals surface area contributed by atoms with Crippen molar-refractivity contribution in [1.82, 2.24) is 0 Å². The number of benzene rings is 1. The topological polar surface area (TPSA) is 3.24 Å². The van der Waals surface area contributed by atoms with Gasteiger partial charge in [-0.25, -0.2) is 4.39 Å². The van der Waals surface area contributed by atoms with Gasteiger partial charge in [0.2, 0.25) is 0 Å². The SMILES string of the molecule is CCN(CC(CS)C(C)C)c1cccc(F)c1. The zero-order valence-electron chi connectivity index (χ0n) is 10.9. The normalized spacial score (nSPS) is 12.8. The monoisotopic (exact) mass is 255 g/mol. The summed E-state index contributed by atoms with van der Waals surface area (Å²) in [7, 11) is 0. The van der Waals surface area contributed by atoms with Gasteiger partial charge in [0, 0.05) is 18.8 Å². The van der Waals surface area contributed by atoms with Crippen molar-refractivity contribution in [3.05, 3.63) is 30.1 Å². The Morgan fingerprint density at radius 1 is 1.35 bits per heavy atom. The number of anilines is 1. The highest BCUT2D eigenvalue weighted by atomic mass is 32.1. The molecule has 0 aliphatic heterocycles. The van der Waals surface area contributed by atoms with Crippen molar-refractivity contribution in [2.45, 2.75) is 20.8 Å². The van der Waals surface area contributed by atoms with Crippen molar-refractivity contribution in [2.75, 3.05) is 23.7 Å². The Hall–Kier alpha value is -0.700. The van der Waals surface area contributed by atoms with Crippen molar-refractivity contribution in [2.24, 2.45) is 11.8 Å². The van der Waals surface area contributed by atoms with Crippen LogP contribution in [0.2, 0.25) is 0 Å². The molecule has 0 aliphatic rings. The molecule has 0 fully saturated rings. The maximum atomic E-state index is 13.2. The van der Waals surface area contributed by atoms with E-state index in [0.29, 0.717) is 11.8 Å². The van der Waals surface area contributed by atoms with Gasteiger partial charge >= 0.3 is 0 Å². The van der Waals surface area contributed by atoms with E-state index in [0.717, 1.165) is 24.5 Å². The molecule has 1 rings (SSSR count). The zero-order chi connectivity index (χ0) is 12.8. The number of rotatable bonds is 6. The molecule has 0 N–H and O–H groups in total. The van der Waals surface area contributed by atoms with Crippen LogP contribution < -0.4 is 4.90 Å². The third-order valence-corrected chi connectivity index (χ3v) is 3.66. The summed E-state index contributed by atoms with van der Waals surface area (Å²) in [5.74, 6) is 1.81. The highest BCUT2D eigenvalue weighted by Crippen LogP contribution is 2.20. The van der Waals surface area contributed by atoms with Crippen molar-refractivity contribution in [3.8, 4) is 0 Å². The molecule has 17 heavy (non-hydrogen) atoms. The van der Waals surface area contributed by atoms with Crippen LogP contribution in [0.1, 0.15) is 20.8 Å². The second kappa shape index (κ2) is 6.90. The highest BCUT2D eigenvalue weighted by molar-refractivity contribution is 7.80. The standard InChI is InChI=1S/C14H22FNS/c1-4-16(9-12(10-17)11(2)3)14-7-5-6-13(15)8-14/h5-8,11-12,17H,4,9-10H2,1-3H3. The van der Waals surface area contributed by atoms with Crippen molar-refractivity contribution in [1.29, 1.82) is 0 Å². The molecule has 0 amide bonds. The summed E-state index contributed by atoms with van der Waals surface area (Å²) in [5.41, 5.74) is 0.958. The minimum atomic E-state index is -0.173. The predicted molar refractivity (Wildman–Crippen MR) is 76.5 cm³/mol. The first kappa shape index (κ1) is 14.4. The Morgan fingerprint density at radius 2 is 2.06 bits per heavy atom. The van der Waals surface area contributed by atoms with E-state index in [1.165, 1.54) is 6.07 Å². The maximum absolute atomic E-state index is 13.2. The van der Waals surface area contributed by atoms with Crippen LogP contribution in [0.15, 0.2) is 24.3 Å². The summed E-state index contributed by atoms with van der Waals surface area (Å²) in [6.07, 6.45) is 0. The summed E-state index contributed by atoms with van der Waals surface area (Å²) < 4.78 is 13.2. The molecule has 1 nitrogen and oxygen atoms in total. The minimum absolute atomic E-state index is 0.173. The van der Waals surface area contributed by atoms with E-state index in [2.05, 4.69) is 38.3 Å². The van der Waals surface area contributed by atoms with E-state index >= 15 is 0 Å². The maximum Gasteiger partial charge on any atom is 0.125 e. The molecule has 0 aromatic heterocycles. The van der Waals surface area contributed by atoms with Gasteiger partial charge in [-0.15, -0.1) is 0 Å². The quantitative estimate of drug-likeness (QED) is 0.756. The molecule has 0 spiro atoms. The summed E-state index contributed by atoms with van der Waals surface area (Å²) in [6, 6.07) is 6.80. The van der Waals surface area contributed by atoms with E-state index in [1.807, 2.05) is 6.07 Å². The van der Waals surface area contributed by atoms with Crippen LogP contribution in [-0.2, 0) is 0 Å². The fraction of sp³-hybridized carbons (Fsp3) is 0.571. The van der Waals surface area contributed by atoms with Gasteiger partial charge in [-0.3, -0.25) is 0 Å². The van der Waals surface area contributed by atoms with E-state index in [-0.39, 0.29) is 5.82 Å². The van der Waals surface area contributed by atoms with Crippen LogP contribution in [0.3, 0.4) is 0 Å². The van der Waals surface area contributed by atoms with Gasteiger partial charge in [0.25, 0.3) is 0 Å². The Morgan fingerprint density at radius 3 is 2.53 bits per heavy atom. The molecule has 0 radical (unpaired) electrons. The average molecular weight is 255 g/mol. The lowest BCUT2D eigenvalue weighted by molar-refractivity contribution is 0.425. The van der Waals surface area contributed by atoms with E-state index < -0.39 is 0 Å². The van der Waals surface area contributed by atoms with Crippen LogP contribution in [0.5, 0.6) is 0 Å². The van der Waals surface area contributed by atoms with E-state index in [9.17, 15) is 4.39 Å². The fourth-order valence-electron chi connectivity index (χ4n) is 1.85. The number of thiol groups is 1.